The zero-order valence-corrected chi connectivity index (χ0v) is 72.0. The van der Waals surface area contributed by atoms with Crippen LogP contribution in [0.1, 0.15) is 172 Å². The molecule has 4 amide bonds. The van der Waals surface area contributed by atoms with Crippen molar-refractivity contribution < 1.29 is 49.1 Å². The molecule has 8 atom stereocenters. The fourth-order valence-electron chi connectivity index (χ4n) is 21.5. The fourth-order valence-corrected chi connectivity index (χ4v) is 25.8. The third kappa shape index (κ3) is 12.3. The summed E-state index contributed by atoms with van der Waals surface area (Å²) in [4.78, 5) is 124. The summed E-state index contributed by atoms with van der Waals surface area (Å²) >= 11 is 7.19. The van der Waals surface area contributed by atoms with Crippen molar-refractivity contribution in [3.8, 4) is 45.3 Å². The summed E-state index contributed by atoms with van der Waals surface area (Å²) in [6.07, 6.45) is 14.6. The molecule has 4 unspecified atom stereocenters. The van der Waals surface area contributed by atoms with Crippen molar-refractivity contribution in [3.63, 3.8) is 0 Å². The lowest BCUT2D eigenvalue weighted by Crippen LogP contribution is -2.66. The third-order valence-corrected chi connectivity index (χ3v) is 31.4. The molecule has 12 aliphatic heterocycles. The van der Waals surface area contributed by atoms with E-state index in [2.05, 4.69) is 129 Å². The minimum atomic E-state index is -0.574. The molecule has 14 aliphatic rings. The number of fused-ring (bicyclic) bond motifs is 12. The van der Waals surface area contributed by atoms with Gasteiger partial charge in [0.1, 0.15) is 36.7 Å². The van der Waals surface area contributed by atoms with Gasteiger partial charge in [0.2, 0.25) is 21.7 Å². The Kier molecular flexibility index (Phi) is 19.6. The smallest absolute Gasteiger partial charge is 0.278 e. The average Bonchev–Trinajstić information content (AvgIpc) is 1.41. The number of benzene rings is 6. The molecule has 32 heteroatoms. The molecule has 2 aliphatic carbocycles. The summed E-state index contributed by atoms with van der Waals surface area (Å²) in [6, 6.07) is 54.8. The number of pyridine rings is 6. The highest BCUT2D eigenvalue weighted by Crippen LogP contribution is 2.59. The van der Waals surface area contributed by atoms with Gasteiger partial charge >= 0.3 is 0 Å². The molecule has 6 aromatic carbocycles. The van der Waals surface area contributed by atoms with Crippen molar-refractivity contribution in [2.75, 3.05) is 72.6 Å². The lowest BCUT2D eigenvalue weighted by molar-refractivity contribution is -0.0198. The first kappa shape index (κ1) is 79.6. The van der Waals surface area contributed by atoms with Crippen molar-refractivity contribution >= 4 is 70.7 Å². The standard InChI is InChI=1S/2C25H21N3O3S.2C23H20N4O4S/c2*29-17-10-12-27-23(24(17)30)25(31)26-11-2-1-9-19(26)28(27)22-15-6-3-5-14-13-32-18-8-4-7-16(22)21(18)20(14)15;2*28-17-7-9-26-21(22(17)29)23(30)25-10-11-31-12-19(25)27(26)20-14-5-3-8-24-16(14)13-32-18-6-2-1-4-15(18)20/h2*3-8,10,12,19,22,30H,1-2,9,11,13H2;2*1-9,19-20,29H,10-13H2/t19-,22+;;19-,20+;/m1.1./s1. The second kappa shape index (κ2) is 31.5. The number of hydrogen-bond acceptors (Lipinski definition) is 24. The number of aromatic nitrogens is 6. The molecule has 4 N–H and O–H groups in total. The van der Waals surface area contributed by atoms with Gasteiger partial charge in [-0.25, -0.2) is 0 Å². The summed E-state index contributed by atoms with van der Waals surface area (Å²) < 4.78 is 18.3. The zero-order chi connectivity index (χ0) is 86.8. The Morgan fingerprint density at radius 2 is 0.617 bits per heavy atom. The van der Waals surface area contributed by atoms with Gasteiger partial charge in [-0.3, -0.25) is 87.1 Å². The molecule has 6 aromatic heterocycles. The Morgan fingerprint density at radius 3 is 1.01 bits per heavy atom. The lowest BCUT2D eigenvalue weighted by atomic mass is 9.96. The lowest BCUT2D eigenvalue weighted by Gasteiger charge is -2.51. The number of ether oxygens (including phenoxy) is 2. The van der Waals surface area contributed by atoms with E-state index in [1.807, 2.05) is 79.7 Å². The molecular weight excluding hydrogens is 1700 g/mol. The van der Waals surface area contributed by atoms with Crippen LogP contribution >= 0.6 is 47.0 Å². The second-order valence-corrected chi connectivity index (χ2v) is 37.7. The van der Waals surface area contributed by atoms with Gasteiger partial charge in [0.05, 0.1) is 49.9 Å². The maximum atomic E-state index is 13.4. The van der Waals surface area contributed by atoms with Gasteiger partial charge in [-0.1, -0.05) is 109 Å². The zero-order valence-electron chi connectivity index (χ0n) is 68.7. The second-order valence-electron chi connectivity index (χ2n) is 33.6. The Hall–Kier alpha value is -13.0. The number of amides is 4. The van der Waals surface area contributed by atoms with E-state index in [4.69, 9.17) is 9.47 Å². The normalized spacial score (nSPS) is 22.1. The molecule has 128 heavy (non-hydrogen) atoms. The quantitative estimate of drug-likeness (QED) is 0.127. The number of nitrogens with zero attached hydrogens (tertiary/aromatic N) is 14. The van der Waals surface area contributed by atoms with Crippen molar-refractivity contribution in [1.29, 1.82) is 0 Å². The maximum Gasteiger partial charge on any atom is 0.278 e. The van der Waals surface area contributed by atoms with Gasteiger partial charge in [0, 0.05) is 152 Å². The molecule has 18 heterocycles. The number of thioether (sulfide) groups is 4. The van der Waals surface area contributed by atoms with Crippen LogP contribution in [0.15, 0.2) is 246 Å². The van der Waals surface area contributed by atoms with Crippen LogP contribution in [0.3, 0.4) is 0 Å². The number of rotatable bonds is 4. The topological polar surface area (TPSA) is 307 Å². The number of morpholine rings is 2. The number of aromatic hydroxyl groups is 4. The van der Waals surface area contributed by atoms with Crippen LogP contribution in [0.2, 0.25) is 0 Å². The molecule has 0 spiro atoms. The molecule has 0 bridgehead atoms. The Bertz CT molecular complexity index is 6370. The Morgan fingerprint density at radius 1 is 0.305 bits per heavy atom. The monoisotopic (exact) mass is 1780 g/mol. The summed E-state index contributed by atoms with van der Waals surface area (Å²) in [6.45, 7) is 3.47. The van der Waals surface area contributed by atoms with Crippen LogP contribution < -0.4 is 41.8 Å². The highest BCUT2D eigenvalue weighted by molar-refractivity contribution is 7.99. The first-order valence-corrected chi connectivity index (χ1v) is 46.9. The molecule has 12 aromatic rings. The minimum absolute atomic E-state index is 0.0181. The van der Waals surface area contributed by atoms with Gasteiger partial charge in [-0.15, -0.1) is 47.0 Å². The molecule has 0 radical (unpaired) electrons. The van der Waals surface area contributed by atoms with Crippen LogP contribution in [0.5, 0.6) is 23.0 Å². The van der Waals surface area contributed by atoms with Crippen molar-refractivity contribution in [2.45, 2.75) is 130 Å². The Labute approximate surface area is 748 Å². The third-order valence-electron chi connectivity index (χ3n) is 27.0. The van der Waals surface area contributed by atoms with Crippen molar-refractivity contribution in [3.05, 3.63) is 338 Å². The van der Waals surface area contributed by atoms with E-state index in [0.717, 1.165) is 105 Å². The van der Waals surface area contributed by atoms with E-state index in [0.29, 0.717) is 52.6 Å². The van der Waals surface area contributed by atoms with Gasteiger partial charge < -0.3 is 49.5 Å². The highest BCUT2D eigenvalue weighted by Gasteiger charge is 2.53. The van der Waals surface area contributed by atoms with Gasteiger partial charge in [-0.2, -0.15) is 0 Å². The summed E-state index contributed by atoms with van der Waals surface area (Å²) in [5.74, 6) is 0.0935. The molecule has 26 rings (SSSR count). The molecule has 4 saturated heterocycles. The molecule has 0 saturated carbocycles. The largest absolute Gasteiger partial charge is 0.502 e. The van der Waals surface area contributed by atoms with E-state index < -0.39 is 57.0 Å². The number of carbonyl (C=O) groups is 4. The number of carbonyl (C=O) groups excluding carboxylic acids is 4. The molecule has 4 fully saturated rings. The number of hydrogen-bond donors (Lipinski definition) is 4. The van der Waals surface area contributed by atoms with Crippen LogP contribution in [0.25, 0.3) is 22.3 Å². The predicted molar refractivity (Wildman–Crippen MR) is 482 cm³/mol. The first-order chi connectivity index (χ1) is 62.6. The van der Waals surface area contributed by atoms with E-state index in [1.165, 1.54) is 89.7 Å². The predicted octanol–water partition coefficient (Wildman–Crippen LogP) is 11.9. The summed E-state index contributed by atoms with van der Waals surface area (Å²) in [5.41, 5.74) is 16.8. The molecular formula is C96H82N14O14S4. The van der Waals surface area contributed by atoms with Gasteiger partial charge in [-0.05, 0) is 131 Å². The summed E-state index contributed by atoms with van der Waals surface area (Å²) in [5, 5.41) is 51.0. The minimum Gasteiger partial charge on any atom is -0.502 e. The highest BCUT2D eigenvalue weighted by atomic mass is 32.2. The molecule has 28 nitrogen and oxygen atoms in total. The fraction of sp³-hybridized carbons (Fsp3) is 0.271. The van der Waals surface area contributed by atoms with Crippen LogP contribution in [0, 0.1) is 0 Å². The summed E-state index contributed by atoms with van der Waals surface area (Å²) in [7, 11) is 0. The van der Waals surface area contributed by atoms with E-state index in [-0.39, 0.29) is 82.9 Å². The van der Waals surface area contributed by atoms with Gasteiger partial charge in [0.25, 0.3) is 23.6 Å². The maximum absolute atomic E-state index is 13.4. The van der Waals surface area contributed by atoms with Crippen molar-refractivity contribution in [2.24, 2.45) is 0 Å². The van der Waals surface area contributed by atoms with Crippen molar-refractivity contribution in [1.82, 2.24) is 48.3 Å². The molecule has 644 valence electrons. The van der Waals surface area contributed by atoms with Crippen LogP contribution in [0.4, 0.5) is 0 Å². The van der Waals surface area contributed by atoms with Crippen LogP contribution in [-0.2, 0) is 32.5 Å². The van der Waals surface area contributed by atoms with E-state index in [1.54, 1.807) is 89.2 Å². The number of piperidine rings is 2. The first-order valence-electron chi connectivity index (χ1n) is 43.0. The van der Waals surface area contributed by atoms with E-state index >= 15 is 0 Å². The Balaban J connectivity index is 0.0000000977. The average molecular weight is 1780 g/mol. The SMILES string of the molecule is O=C1c2c(O)c(=O)ccn2N(C2c3cccc4c3-c3c(cccc32)SC4)C2CCCCN12.O=C1c2c(O)c(=O)ccn2N(C2c3ccccc3SCc3ncccc32)C2COCCN12.O=C1c2c(O)c(=O)ccn2N([C@@H]2c3ccccc3SCc3ncccc32)[C@@H]2COCCN12.O=C1c2c(O)c(=O)ccn2N([C@H]2c3cccc4c3-c3c(cccc32)SC4)[C@@H]2CCCCN12. The van der Waals surface area contributed by atoms with Crippen LogP contribution in [-0.4, -0.2) is 170 Å². The van der Waals surface area contributed by atoms with E-state index in [9.17, 15) is 58.8 Å². The van der Waals surface area contributed by atoms with Gasteiger partial charge in [0.15, 0.2) is 45.8 Å².